The molecule has 2 rings (SSSR count). The highest BCUT2D eigenvalue weighted by Crippen LogP contribution is 2.40. The van der Waals surface area contributed by atoms with Crippen LogP contribution in [0.5, 0.6) is 0 Å². The van der Waals surface area contributed by atoms with E-state index in [0.717, 1.165) is 19.5 Å². The van der Waals surface area contributed by atoms with Gasteiger partial charge in [-0.3, -0.25) is 9.59 Å². The summed E-state index contributed by atoms with van der Waals surface area (Å²) in [6.07, 6.45) is -2.90. The number of aromatic nitrogens is 1. The number of piperazine rings is 1. The minimum Gasteiger partial charge on any atom is -0.354 e. The van der Waals surface area contributed by atoms with Crippen molar-refractivity contribution in [3.63, 3.8) is 0 Å². The lowest BCUT2D eigenvalue weighted by molar-refractivity contribution is -0.215. The van der Waals surface area contributed by atoms with Crippen LogP contribution in [-0.4, -0.2) is 57.5 Å². The Morgan fingerprint density at radius 2 is 1.59 bits per heavy atom. The van der Waals surface area contributed by atoms with Crippen LogP contribution < -0.4 is 0 Å². The number of hydrogen-bond donors (Lipinski definition) is 0. The van der Waals surface area contributed by atoms with Gasteiger partial charge in [-0.2, -0.15) is 13.2 Å². The quantitative estimate of drug-likeness (QED) is 0.797. The second-order valence-electron chi connectivity index (χ2n) is 8.14. The van der Waals surface area contributed by atoms with Crippen molar-refractivity contribution in [3.05, 3.63) is 24.0 Å². The third-order valence-corrected chi connectivity index (χ3v) is 5.37. The summed E-state index contributed by atoms with van der Waals surface area (Å²) in [5, 5.41) is 0. The van der Waals surface area contributed by atoms with E-state index in [-0.39, 0.29) is 31.0 Å². The molecule has 0 bridgehead atoms. The van der Waals surface area contributed by atoms with Crippen molar-refractivity contribution in [1.29, 1.82) is 0 Å². The lowest BCUT2D eigenvalue weighted by atomic mass is 9.87. The Morgan fingerprint density at radius 1 is 1.07 bits per heavy atom. The van der Waals surface area contributed by atoms with Crippen LogP contribution in [0.15, 0.2) is 18.3 Å². The number of carbonyl (C=O) groups is 2. The maximum Gasteiger partial charge on any atom is 0.394 e. The fraction of sp³-hybridized carbons (Fsp3) is 0.684. The molecule has 1 aliphatic rings. The Labute approximate surface area is 158 Å². The second-order valence-corrected chi connectivity index (χ2v) is 8.14. The predicted molar refractivity (Wildman–Crippen MR) is 95.9 cm³/mol. The molecule has 1 saturated heterocycles. The zero-order valence-electron chi connectivity index (χ0n) is 16.5. The lowest BCUT2D eigenvalue weighted by Crippen LogP contribution is -2.60. The molecule has 2 amide bonds. The first-order valence-corrected chi connectivity index (χ1v) is 9.09. The van der Waals surface area contributed by atoms with Crippen molar-refractivity contribution in [2.45, 2.75) is 58.8 Å². The van der Waals surface area contributed by atoms with Gasteiger partial charge in [0.25, 0.3) is 0 Å². The molecule has 8 heteroatoms. The second kappa shape index (κ2) is 7.56. The molecule has 0 aromatic carbocycles. The number of amides is 2. The van der Waals surface area contributed by atoms with Crippen LogP contribution in [-0.2, 0) is 23.1 Å². The lowest BCUT2D eigenvalue weighted by Gasteiger charge is -2.45. The van der Waals surface area contributed by atoms with Crippen molar-refractivity contribution in [1.82, 2.24) is 14.4 Å². The molecule has 0 spiro atoms. The summed E-state index contributed by atoms with van der Waals surface area (Å²) in [5.41, 5.74) is -1.18. The van der Waals surface area contributed by atoms with Crippen molar-refractivity contribution < 1.29 is 22.8 Å². The van der Waals surface area contributed by atoms with Gasteiger partial charge in [0.15, 0.2) is 0 Å². The van der Waals surface area contributed by atoms with E-state index >= 15 is 0 Å². The van der Waals surface area contributed by atoms with E-state index in [1.165, 1.54) is 4.90 Å². The average Bonchev–Trinajstić information content (AvgIpc) is 2.92. The molecule has 0 saturated carbocycles. The molecule has 27 heavy (non-hydrogen) atoms. The maximum atomic E-state index is 13.1. The van der Waals surface area contributed by atoms with Crippen LogP contribution in [0.25, 0.3) is 0 Å². The number of halogens is 3. The van der Waals surface area contributed by atoms with Gasteiger partial charge in [0.1, 0.15) is 0 Å². The molecule has 2 atom stereocenters. The van der Waals surface area contributed by atoms with Crippen LogP contribution >= 0.6 is 0 Å². The van der Waals surface area contributed by atoms with Crippen LogP contribution in [0.3, 0.4) is 0 Å². The fourth-order valence-corrected chi connectivity index (χ4v) is 3.34. The molecule has 0 aliphatic carbocycles. The molecule has 2 unspecified atom stereocenters. The Balaban J connectivity index is 2.03. The van der Waals surface area contributed by atoms with Gasteiger partial charge in [0, 0.05) is 50.5 Å². The van der Waals surface area contributed by atoms with E-state index in [1.54, 1.807) is 11.8 Å². The molecular formula is C19H28F3N3O2. The Hall–Kier alpha value is -1.99. The standard InChI is InChI=1S/C19H28F3N3O2/c1-13-12-25(17(27)10-18(3,4)19(20,21)22)14(2)11-24(13)16(26)9-15-7-6-8-23(15)5/h6-8,13-14H,9-12H2,1-5H3. The summed E-state index contributed by atoms with van der Waals surface area (Å²) >= 11 is 0. The topological polar surface area (TPSA) is 45.6 Å². The van der Waals surface area contributed by atoms with Gasteiger partial charge in [0.2, 0.25) is 11.8 Å². The number of alkyl halides is 3. The van der Waals surface area contributed by atoms with E-state index < -0.39 is 23.9 Å². The molecule has 152 valence electrons. The van der Waals surface area contributed by atoms with Gasteiger partial charge < -0.3 is 14.4 Å². The number of aryl methyl sites for hydroxylation is 1. The van der Waals surface area contributed by atoms with Gasteiger partial charge in [-0.1, -0.05) is 13.8 Å². The summed E-state index contributed by atoms with van der Waals surface area (Å²) in [7, 11) is 1.87. The zero-order valence-corrected chi connectivity index (χ0v) is 16.5. The smallest absolute Gasteiger partial charge is 0.354 e. The van der Waals surface area contributed by atoms with Crippen molar-refractivity contribution in [2.24, 2.45) is 12.5 Å². The van der Waals surface area contributed by atoms with E-state index in [9.17, 15) is 22.8 Å². The summed E-state index contributed by atoms with van der Waals surface area (Å²) < 4.78 is 41.1. The highest BCUT2D eigenvalue weighted by atomic mass is 19.4. The molecule has 1 aliphatic heterocycles. The first kappa shape index (κ1) is 21.3. The average molecular weight is 387 g/mol. The minimum absolute atomic E-state index is 0.0427. The van der Waals surface area contributed by atoms with Gasteiger partial charge in [-0.05, 0) is 26.0 Å². The Morgan fingerprint density at radius 3 is 2.04 bits per heavy atom. The van der Waals surface area contributed by atoms with Gasteiger partial charge in [-0.15, -0.1) is 0 Å². The molecule has 1 aromatic heterocycles. The number of carbonyl (C=O) groups excluding carboxylic acids is 2. The van der Waals surface area contributed by atoms with Crippen molar-refractivity contribution >= 4 is 11.8 Å². The van der Waals surface area contributed by atoms with E-state index in [0.29, 0.717) is 6.54 Å². The van der Waals surface area contributed by atoms with Gasteiger partial charge in [0.05, 0.1) is 11.8 Å². The summed E-state index contributed by atoms with van der Waals surface area (Å²) in [5.74, 6) is -0.565. The van der Waals surface area contributed by atoms with Crippen molar-refractivity contribution in [2.75, 3.05) is 13.1 Å². The number of rotatable bonds is 4. The molecule has 2 heterocycles. The van der Waals surface area contributed by atoms with E-state index in [1.807, 2.05) is 36.9 Å². The first-order chi connectivity index (χ1) is 12.3. The summed E-state index contributed by atoms with van der Waals surface area (Å²) in [6, 6.07) is 3.18. The molecule has 5 nitrogen and oxygen atoms in total. The van der Waals surface area contributed by atoms with Crippen LogP contribution in [0.4, 0.5) is 13.2 Å². The molecule has 1 aromatic rings. The predicted octanol–water partition coefficient (Wildman–Crippen LogP) is 2.99. The highest BCUT2D eigenvalue weighted by Gasteiger charge is 2.49. The molecule has 1 fully saturated rings. The third kappa shape index (κ3) is 4.65. The summed E-state index contributed by atoms with van der Waals surface area (Å²) in [4.78, 5) is 28.4. The van der Waals surface area contributed by atoms with Crippen LogP contribution in [0.1, 0.15) is 39.8 Å². The first-order valence-electron chi connectivity index (χ1n) is 9.09. The molecule has 0 radical (unpaired) electrons. The SMILES string of the molecule is CC1CN(C(=O)CC(C)(C)C(F)(F)F)C(C)CN1C(=O)Cc1cccn1C. The van der Waals surface area contributed by atoms with Crippen LogP contribution in [0.2, 0.25) is 0 Å². The largest absolute Gasteiger partial charge is 0.394 e. The van der Waals surface area contributed by atoms with E-state index in [2.05, 4.69) is 0 Å². The third-order valence-electron chi connectivity index (χ3n) is 5.37. The highest BCUT2D eigenvalue weighted by molar-refractivity contribution is 5.80. The number of nitrogens with zero attached hydrogens (tertiary/aromatic N) is 3. The molecular weight excluding hydrogens is 359 g/mol. The Bertz CT molecular complexity index is 697. The molecule has 0 N–H and O–H groups in total. The monoisotopic (exact) mass is 387 g/mol. The maximum absolute atomic E-state index is 13.1. The van der Waals surface area contributed by atoms with Crippen LogP contribution in [0, 0.1) is 5.41 Å². The van der Waals surface area contributed by atoms with E-state index in [4.69, 9.17) is 0 Å². The van der Waals surface area contributed by atoms with Gasteiger partial charge in [-0.25, -0.2) is 0 Å². The zero-order chi connectivity index (χ0) is 20.6. The van der Waals surface area contributed by atoms with Crippen molar-refractivity contribution in [3.8, 4) is 0 Å². The Kier molecular flexibility index (Phi) is 5.97. The summed E-state index contributed by atoms with van der Waals surface area (Å²) in [6.45, 7) is 6.24. The number of hydrogen-bond acceptors (Lipinski definition) is 2. The minimum atomic E-state index is -4.44. The fourth-order valence-electron chi connectivity index (χ4n) is 3.34. The van der Waals surface area contributed by atoms with Gasteiger partial charge >= 0.3 is 6.18 Å². The normalized spacial score (nSPS) is 21.5.